The standard InChI is InChI=1S/C18H22ClNO/c1-4-20-18(15-10-13(2)9-14(3)11-15)12-21-17-7-5-16(19)6-8-17/h5-11,18,20H,4,12H2,1-3H3. The van der Waals surface area contributed by atoms with Gasteiger partial charge in [-0.15, -0.1) is 0 Å². The topological polar surface area (TPSA) is 21.3 Å². The molecule has 0 fully saturated rings. The smallest absolute Gasteiger partial charge is 0.119 e. The second-order valence-corrected chi connectivity index (χ2v) is 5.73. The molecule has 0 radical (unpaired) electrons. The van der Waals surface area contributed by atoms with Crippen LogP contribution in [0.1, 0.15) is 29.7 Å². The van der Waals surface area contributed by atoms with Gasteiger partial charge in [-0.25, -0.2) is 0 Å². The minimum absolute atomic E-state index is 0.185. The molecule has 1 N–H and O–H groups in total. The van der Waals surface area contributed by atoms with E-state index in [-0.39, 0.29) is 6.04 Å². The molecule has 0 aliphatic carbocycles. The Morgan fingerprint density at radius 1 is 1.05 bits per heavy atom. The summed E-state index contributed by atoms with van der Waals surface area (Å²) in [6, 6.07) is 14.3. The normalized spacial score (nSPS) is 12.2. The van der Waals surface area contributed by atoms with Crippen LogP contribution >= 0.6 is 11.6 Å². The van der Waals surface area contributed by atoms with Crippen molar-refractivity contribution in [2.45, 2.75) is 26.8 Å². The lowest BCUT2D eigenvalue weighted by atomic mass is 10.0. The third-order valence-electron chi connectivity index (χ3n) is 3.33. The van der Waals surface area contributed by atoms with Gasteiger partial charge in [-0.1, -0.05) is 47.9 Å². The molecular weight excluding hydrogens is 282 g/mol. The van der Waals surface area contributed by atoms with Crippen molar-refractivity contribution in [1.82, 2.24) is 5.32 Å². The van der Waals surface area contributed by atoms with E-state index in [2.05, 4.69) is 44.3 Å². The quantitative estimate of drug-likeness (QED) is 0.836. The van der Waals surface area contributed by atoms with Crippen LogP contribution in [-0.2, 0) is 0 Å². The fourth-order valence-electron chi connectivity index (χ4n) is 2.44. The maximum absolute atomic E-state index is 5.89. The van der Waals surface area contributed by atoms with E-state index in [0.717, 1.165) is 17.3 Å². The average molecular weight is 304 g/mol. The average Bonchev–Trinajstić information content (AvgIpc) is 2.44. The van der Waals surface area contributed by atoms with Crippen molar-refractivity contribution in [3.8, 4) is 5.75 Å². The van der Waals surface area contributed by atoms with Crippen molar-refractivity contribution >= 4 is 11.6 Å². The lowest BCUT2D eigenvalue weighted by Gasteiger charge is -2.20. The summed E-state index contributed by atoms with van der Waals surface area (Å²) < 4.78 is 5.89. The third kappa shape index (κ3) is 4.76. The number of ether oxygens (including phenoxy) is 1. The first-order valence-corrected chi connectivity index (χ1v) is 7.66. The molecule has 2 nitrogen and oxygen atoms in total. The van der Waals surface area contributed by atoms with Gasteiger partial charge in [0.25, 0.3) is 0 Å². The Labute approximate surface area is 132 Å². The molecule has 0 aliphatic rings. The molecule has 0 aromatic heterocycles. The Bertz CT molecular complexity index is 560. The molecule has 21 heavy (non-hydrogen) atoms. The third-order valence-corrected chi connectivity index (χ3v) is 3.58. The van der Waals surface area contributed by atoms with E-state index < -0.39 is 0 Å². The van der Waals surface area contributed by atoms with E-state index in [1.54, 1.807) is 0 Å². The zero-order valence-electron chi connectivity index (χ0n) is 12.8. The van der Waals surface area contributed by atoms with Crippen molar-refractivity contribution in [2.24, 2.45) is 0 Å². The van der Waals surface area contributed by atoms with E-state index >= 15 is 0 Å². The maximum Gasteiger partial charge on any atom is 0.119 e. The fourth-order valence-corrected chi connectivity index (χ4v) is 2.57. The minimum atomic E-state index is 0.185. The van der Waals surface area contributed by atoms with Crippen molar-refractivity contribution in [3.63, 3.8) is 0 Å². The van der Waals surface area contributed by atoms with Crippen molar-refractivity contribution < 1.29 is 4.74 Å². The van der Waals surface area contributed by atoms with Crippen LogP contribution in [0.25, 0.3) is 0 Å². The first-order valence-electron chi connectivity index (χ1n) is 7.28. The van der Waals surface area contributed by atoms with Gasteiger partial charge in [0.15, 0.2) is 0 Å². The summed E-state index contributed by atoms with van der Waals surface area (Å²) in [5.41, 5.74) is 3.82. The van der Waals surface area contributed by atoms with Crippen LogP contribution in [0.3, 0.4) is 0 Å². The van der Waals surface area contributed by atoms with Crippen LogP contribution in [0.15, 0.2) is 42.5 Å². The van der Waals surface area contributed by atoms with Gasteiger partial charge in [-0.3, -0.25) is 0 Å². The molecule has 3 heteroatoms. The first kappa shape index (κ1) is 15.9. The molecular formula is C18H22ClNO. The highest BCUT2D eigenvalue weighted by molar-refractivity contribution is 6.30. The van der Waals surface area contributed by atoms with Crippen molar-refractivity contribution in [2.75, 3.05) is 13.2 Å². The highest BCUT2D eigenvalue weighted by Gasteiger charge is 2.12. The number of rotatable bonds is 6. The van der Waals surface area contributed by atoms with E-state index in [1.807, 2.05) is 24.3 Å². The molecule has 0 spiro atoms. The molecule has 0 heterocycles. The molecule has 0 amide bonds. The molecule has 0 aliphatic heterocycles. The van der Waals surface area contributed by atoms with Gasteiger partial charge in [0.05, 0.1) is 6.04 Å². The summed E-state index contributed by atoms with van der Waals surface area (Å²) >= 11 is 5.89. The van der Waals surface area contributed by atoms with E-state index in [0.29, 0.717) is 6.61 Å². The Morgan fingerprint density at radius 3 is 2.24 bits per heavy atom. The van der Waals surface area contributed by atoms with Gasteiger partial charge < -0.3 is 10.1 Å². The predicted octanol–water partition coefficient (Wildman–Crippen LogP) is 4.69. The SMILES string of the molecule is CCNC(COc1ccc(Cl)cc1)c1cc(C)cc(C)c1. The largest absolute Gasteiger partial charge is 0.492 e. The second kappa shape index (κ2) is 7.48. The summed E-state index contributed by atoms with van der Waals surface area (Å²) in [7, 11) is 0. The lowest BCUT2D eigenvalue weighted by Crippen LogP contribution is -2.26. The van der Waals surface area contributed by atoms with Gasteiger partial charge in [0.1, 0.15) is 12.4 Å². The van der Waals surface area contributed by atoms with E-state index in [4.69, 9.17) is 16.3 Å². The lowest BCUT2D eigenvalue weighted by molar-refractivity contribution is 0.268. The summed E-state index contributed by atoms with van der Waals surface area (Å²) in [6.07, 6.45) is 0. The van der Waals surface area contributed by atoms with Crippen LogP contribution in [0.2, 0.25) is 5.02 Å². The van der Waals surface area contributed by atoms with E-state index in [9.17, 15) is 0 Å². The van der Waals surface area contributed by atoms with Crippen LogP contribution in [-0.4, -0.2) is 13.2 Å². The van der Waals surface area contributed by atoms with Gasteiger partial charge >= 0.3 is 0 Å². The van der Waals surface area contributed by atoms with Gasteiger partial charge in [-0.2, -0.15) is 0 Å². The zero-order valence-corrected chi connectivity index (χ0v) is 13.6. The molecule has 0 saturated carbocycles. The number of aryl methyl sites for hydroxylation is 2. The Kier molecular flexibility index (Phi) is 5.66. The number of likely N-dealkylation sites (N-methyl/N-ethyl adjacent to an activating group) is 1. The van der Waals surface area contributed by atoms with Gasteiger partial charge in [-0.05, 0) is 50.2 Å². The van der Waals surface area contributed by atoms with Crippen molar-refractivity contribution in [1.29, 1.82) is 0 Å². The molecule has 2 rings (SSSR count). The zero-order chi connectivity index (χ0) is 15.2. The number of nitrogens with one attached hydrogen (secondary N) is 1. The molecule has 1 unspecified atom stereocenters. The monoisotopic (exact) mass is 303 g/mol. The molecule has 112 valence electrons. The highest BCUT2D eigenvalue weighted by atomic mass is 35.5. The summed E-state index contributed by atoms with van der Waals surface area (Å²) in [5, 5.41) is 4.21. The van der Waals surface area contributed by atoms with Crippen molar-refractivity contribution in [3.05, 3.63) is 64.2 Å². The highest BCUT2D eigenvalue weighted by Crippen LogP contribution is 2.20. The van der Waals surface area contributed by atoms with Gasteiger partial charge in [0, 0.05) is 5.02 Å². The molecule has 2 aromatic rings. The van der Waals surface area contributed by atoms with Crippen LogP contribution in [0.5, 0.6) is 5.75 Å². The van der Waals surface area contributed by atoms with Crippen LogP contribution in [0, 0.1) is 13.8 Å². The molecule has 1 atom stereocenters. The number of hydrogen-bond donors (Lipinski definition) is 1. The molecule has 0 bridgehead atoms. The Morgan fingerprint density at radius 2 is 1.67 bits per heavy atom. The van der Waals surface area contributed by atoms with Crippen LogP contribution < -0.4 is 10.1 Å². The van der Waals surface area contributed by atoms with Crippen LogP contribution in [0.4, 0.5) is 0 Å². The fraction of sp³-hybridized carbons (Fsp3) is 0.333. The second-order valence-electron chi connectivity index (χ2n) is 5.30. The molecule has 2 aromatic carbocycles. The number of hydrogen-bond acceptors (Lipinski definition) is 2. The number of halogens is 1. The Hall–Kier alpha value is -1.51. The summed E-state index contributed by atoms with van der Waals surface area (Å²) in [4.78, 5) is 0. The maximum atomic E-state index is 5.89. The molecule has 0 saturated heterocycles. The summed E-state index contributed by atoms with van der Waals surface area (Å²) in [6.45, 7) is 7.86. The number of benzene rings is 2. The van der Waals surface area contributed by atoms with Gasteiger partial charge in [0.2, 0.25) is 0 Å². The predicted molar refractivity (Wildman–Crippen MR) is 89.3 cm³/mol. The van der Waals surface area contributed by atoms with E-state index in [1.165, 1.54) is 16.7 Å². The summed E-state index contributed by atoms with van der Waals surface area (Å²) in [5.74, 6) is 0.840. The Balaban J connectivity index is 2.09. The minimum Gasteiger partial charge on any atom is -0.492 e. The first-order chi connectivity index (χ1) is 10.1.